The summed E-state index contributed by atoms with van der Waals surface area (Å²) in [6, 6.07) is 7.10. The fraction of sp³-hybridized carbons (Fsp3) is 0.462. The maximum Gasteiger partial charge on any atom is 0.159 e. The Balaban J connectivity index is 3.02. The summed E-state index contributed by atoms with van der Waals surface area (Å²) in [5.41, 5.74) is 0.696. The van der Waals surface area contributed by atoms with Crippen LogP contribution in [-0.2, 0) is 21.1 Å². The Morgan fingerprint density at radius 2 is 1.83 bits per heavy atom. The highest BCUT2D eigenvalue weighted by Crippen LogP contribution is 2.23. The highest BCUT2D eigenvalue weighted by atomic mass is 32.2. The zero-order valence-electron chi connectivity index (χ0n) is 11.1. The first kappa shape index (κ1) is 14.7. The number of hydrogen-bond acceptors (Lipinski definition) is 4. The van der Waals surface area contributed by atoms with Crippen LogP contribution in [0, 0.1) is 0 Å². The molecule has 0 N–H and O–H groups in total. The van der Waals surface area contributed by atoms with Crippen molar-refractivity contribution in [3.05, 3.63) is 29.8 Å². The van der Waals surface area contributed by atoms with E-state index in [1.807, 2.05) is 0 Å². The Bertz CT molecular complexity index is 544. The van der Waals surface area contributed by atoms with Gasteiger partial charge >= 0.3 is 0 Å². The molecule has 0 amide bonds. The van der Waals surface area contributed by atoms with Crippen molar-refractivity contribution in [2.45, 2.75) is 25.0 Å². The van der Waals surface area contributed by atoms with E-state index >= 15 is 0 Å². The van der Waals surface area contributed by atoms with Gasteiger partial charge in [0, 0.05) is 18.2 Å². The third kappa shape index (κ3) is 2.90. The number of ether oxygens (including phenoxy) is 1. The number of Topliss-reactive ketones (excluding diaryl/α,β-unsaturated/α-hetero) is 1. The van der Waals surface area contributed by atoms with Gasteiger partial charge in [-0.3, -0.25) is 4.79 Å². The lowest BCUT2D eigenvalue weighted by Crippen LogP contribution is -2.40. The van der Waals surface area contributed by atoms with Gasteiger partial charge in [0.15, 0.2) is 15.6 Å². The van der Waals surface area contributed by atoms with Crippen molar-refractivity contribution in [2.75, 3.05) is 13.4 Å². The van der Waals surface area contributed by atoms with Crippen molar-refractivity contribution < 1.29 is 17.9 Å². The number of sulfone groups is 1. The van der Waals surface area contributed by atoms with Crippen molar-refractivity contribution in [1.29, 1.82) is 0 Å². The van der Waals surface area contributed by atoms with Crippen LogP contribution < -0.4 is 4.74 Å². The Morgan fingerprint density at radius 3 is 2.33 bits per heavy atom. The molecule has 100 valence electrons. The minimum atomic E-state index is -3.43. The lowest BCUT2D eigenvalue weighted by molar-refractivity contribution is -0.120. The molecule has 0 radical (unpaired) electrons. The summed E-state index contributed by atoms with van der Waals surface area (Å²) in [4.78, 5) is 12.1. The predicted molar refractivity (Wildman–Crippen MR) is 70.6 cm³/mol. The number of carbonyl (C=O) groups excluding carboxylic acids is 1. The number of hydrogen-bond donors (Lipinski definition) is 0. The molecule has 0 saturated carbocycles. The lowest BCUT2D eigenvalue weighted by atomic mass is 9.99. The Hall–Kier alpha value is -1.36. The lowest BCUT2D eigenvalue weighted by Gasteiger charge is -2.21. The van der Waals surface area contributed by atoms with E-state index in [2.05, 4.69) is 0 Å². The molecule has 0 bridgehead atoms. The van der Waals surface area contributed by atoms with Gasteiger partial charge in [-0.2, -0.15) is 0 Å². The van der Waals surface area contributed by atoms with Gasteiger partial charge in [0.25, 0.3) is 0 Å². The summed E-state index contributed by atoms with van der Waals surface area (Å²) < 4.78 is 26.9. The second kappa shape index (κ2) is 5.10. The highest BCUT2D eigenvalue weighted by Gasteiger charge is 2.38. The molecule has 0 aliphatic rings. The maximum absolute atomic E-state index is 12.1. The largest absolute Gasteiger partial charge is 0.496 e. The van der Waals surface area contributed by atoms with Gasteiger partial charge in [0.2, 0.25) is 0 Å². The Morgan fingerprint density at radius 1 is 1.28 bits per heavy atom. The van der Waals surface area contributed by atoms with Crippen molar-refractivity contribution in [2.24, 2.45) is 0 Å². The first-order chi connectivity index (χ1) is 8.20. The molecular weight excluding hydrogens is 252 g/mol. The van der Waals surface area contributed by atoms with Crippen LogP contribution in [0.5, 0.6) is 5.75 Å². The van der Waals surface area contributed by atoms with Gasteiger partial charge in [0.1, 0.15) is 10.5 Å². The molecule has 1 aromatic carbocycles. The zero-order valence-corrected chi connectivity index (χ0v) is 11.9. The summed E-state index contributed by atoms with van der Waals surface area (Å²) in [7, 11) is -1.91. The van der Waals surface area contributed by atoms with E-state index in [0.29, 0.717) is 11.3 Å². The van der Waals surface area contributed by atoms with E-state index in [-0.39, 0.29) is 12.2 Å². The third-order valence-corrected chi connectivity index (χ3v) is 5.22. The molecule has 0 aliphatic heterocycles. The standard InChI is InChI=1S/C13H18O4S/c1-13(2,18(4,15)16)12(14)9-10-7-5-6-8-11(10)17-3/h5-8H,9H2,1-4H3. The molecular formula is C13H18O4S. The van der Waals surface area contributed by atoms with Gasteiger partial charge in [-0.1, -0.05) is 18.2 Å². The second-order valence-corrected chi connectivity index (χ2v) is 7.26. The fourth-order valence-corrected chi connectivity index (χ4v) is 1.93. The van der Waals surface area contributed by atoms with E-state index in [4.69, 9.17) is 4.74 Å². The summed E-state index contributed by atoms with van der Waals surface area (Å²) >= 11 is 0. The van der Waals surface area contributed by atoms with E-state index in [1.54, 1.807) is 24.3 Å². The van der Waals surface area contributed by atoms with Crippen LogP contribution in [0.4, 0.5) is 0 Å². The van der Waals surface area contributed by atoms with Gasteiger partial charge in [-0.25, -0.2) is 8.42 Å². The average Bonchev–Trinajstić information content (AvgIpc) is 2.28. The van der Waals surface area contributed by atoms with Crippen LogP contribution in [-0.4, -0.2) is 32.3 Å². The zero-order chi connectivity index (χ0) is 14.0. The van der Waals surface area contributed by atoms with E-state index in [9.17, 15) is 13.2 Å². The molecule has 0 saturated heterocycles. The van der Waals surface area contributed by atoms with Gasteiger partial charge in [0.05, 0.1) is 7.11 Å². The molecule has 18 heavy (non-hydrogen) atoms. The molecule has 0 heterocycles. The molecule has 0 atom stereocenters. The second-order valence-electron chi connectivity index (χ2n) is 4.69. The first-order valence-corrected chi connectivity index (χ1v) is 7.44. The van der Waals surface area contributed by atoms with Crippen LogP contribution in [0.15, 0.2) is 24.3 Å². The van der Waals surface area contributed by atoms with E-state index in [1.165, 1.54) is 21.0 Å². The monoisotopic (exact) mass is 270 g/mol. The minimum absolute atomic E-state index is 0.0457. The number of ketones is 1. The third-order valence-electron chi connectivity index (χ3n) is 3.14. The molecule has 0 unspecified atom stereocenters. The van der Waals surface area contributed by atoms with Crippen molar-refractivity contribution in [3.63, 3.8) is 0 Å². The molecule has 4 nitrogen and oxygen atoms in total. The van der Waals surface area contributed by atoms with Crippen LogP contribution in [0.2, 0.25) is 0 Å². The Kier molecular flexibility index (Phi) is 4.16. The van der Waals surface area contributed by atoms with Gasteiger partial charge < -0.3 is 4.74 Å². The summed E-state index contributed by atoms with van der Waals surface area (Å²) in [5.74, 6) is 0.254. The molecule has 0 aromatic heterocycles. The minimum Gasteiger partial charge on any atom is -0.496 e. The molecule has 1 rings (SSSR count). The maximum atomic E-state index is 12.1. The van der Waals surface area contributed by atoms with Crippen LogP contribution in [0.3, 0.4) is 0 Å². The normalized spacial score (nSPS) is 12.2. The van der Waals surface area contributed by atoms with E-state index in [0.717, 1.165) is 6.26 Å². The number of para-hydroxylation sites is 1. The number of rotatable bonds is 5. The fourth-order valence-electron chi connectivity index (χ4n) is 1.44. The number of benzene rings is 1. The predicted octanol–water partition coefficient (Wildman–Crippen LogP) is 1.63. The summed E-state index contributed by atoms with van der Waals surface area (Å²) in [6.07, 6.45) is 1.12. The van der Waals surface area contributed by atoms with Crippen LogP contribution in [0.1, 0.15) is 19.4 Å². The quantitative estimate of drug-likeness (QED) is 0.816. The SMILES string of the molecule is COc1ccccc1CC(=O)C(C)(C)S(C)(=O)=O. The van der Waals surface area contributed by atoms with Gasteiger partial charge in [-0.05, 0) is 19.9 Å². The van der Waals surface area contributed by atoms with Crippen molar-refractivity contribution in [1.82, 2.24) is 0 Å². The van der Waals surface area contributed by atoms with Crippen LogP contribution >= 0.6 is 0 Å². The molecule has 0 fully saturated rings. The molecule has 1 aromatic rings. The first-order valence-electron chi connectivity index (χ1n) is 5.55. The average molecular weight is 270 g/mol. The summed E-state index contributed by atoms with van der Waals surface area (Å²) in [6.45, 7) is 2.86. The molecule has 5 heteroatoms. The number of carbonyl (C=O) groups is 1. The van der Waals surface area contributed by atoms with Crippen LogP contribution in [0.25, 0.3) is 0 Å². The Labute approximate surface area is 108 Å². The van der Waals surface area contributed by atoms with Gasteiger partial charge in [-0.15, -0.1) is 0 Å². The smallest absolute Gasteiger partial charge is 0.159 e. The molecule has 0 spiro atoms. The topological polar surface area (TPSA) is 60.4 Å². The van der Waals surface area contributed by atoms with Crippen molar-refractivity contribution in [3.8, 4) is 5.75 Å². The molecule has 0 aliphatic carbocycles. The highest BCUT2D eigenvalue weighted by molar-refractivity contribution is 7.92. The summed E-state index contributed by atoms with van der Waals surface area (Å²) in [5, 5.41) is 0. The van der Waals surface area contributed by atoms with Crippen molar-refractivity contribution >= 4 is 15.6 Å². The number of methoxy groups -OCH3 is 1. The van der Waals surface area contributed by atoms with E-state index < -0.39 is 14.6 Å².